The molecular formula is C12H17NO3. The zero-order valence-electron chi connectivity index (χ0n) is 9.52. The first-order chi connectivity index (χ1) is 7.83. The van der Waals surface area contributed by atoms with Gasteiger partial charge >= 0.3 is 5.97 Å². The second kappa shape index (κ2) is 7.82. The van der Waals surface area contributed by atoms with E-state index in [4.69, 9.17) is 4.74 Å². The molecule has 0 saturated carbocycles. The molecule has 0 saturated heterocycles. The number of nitrogens with zero attached hydrogens (tertiary/aromatic N) is 1. The van der Waals surface area contributed by atoms with E-state index in [2.05, 4.69) is 9.72 Å². The Morgan fingerprint density at radius 3 is 2.94 bits per heavy atom. The van der Waals surface area contributed by atoms with Crippen LogP contribution in [0.1, 0.15) is 18.5 Å². The van der Waals surface area contributed by atoms with Gasteiger partial charge in [0.1, 0.15) is 0 Å². The van der Waals surface area contributed by atoms with Crippen LogP contribution in [0.2, 0.25) is 0 Å². The van der Waals surface area contributed by atoms with Crippen LogP contribution in [0.4, 0.5) is 0 Å². The van der Waals surface area contributed by atoms with Crippen molar-refractivity contribution in [3.05, 3.63) is 30.1 Å². The Morgan fingerprint density at radius 2 is 2.25 bits per heavy atom. The maximum absolute atomic E-state index is 10.8. The molecule has 0 spiro atoms. The fourth-order valence-corrected chi connectivity index (χ4v) is 1.25. The van der Waals surface area contributed by atoms with E-state index in [1.807, 2.05) is 18.2 Å². The van der Waals surface area contributed by atoms with Crippen molar-refractivity contribution in [2.45, 2.75) is 19.3 Å². The number of rotatable bonds is 7. The Kier molecular flexibility index (Phi) is 6.18. The Morgan fingerprint density at radius 1 is 1.38 bits per heavy atom. The third-order valence-electron chi connectivity index (χ3n) is 2.13. The lowest BCUT2D eigenvalue weighted by atomic mass is 10.3. The first kappa shape index (κ1) is 12.6. The molecule has 4 nitrogen and oxygen atoms in total. The number of carbonyl (C=O) groups is 1. The minimum atomic E-state index is -0.187. The highest BCUT2D eigenvalue weighted by atomic mass is 16.5. The maximum Gasteiger partial charge on any atom is 0.305 e. The number of methoxy groups -OCH3 is 1. The lowest BCUT2D eigenvalue weighted by Crippen LogP contribution is -2.05. The number of aromatic nitrogens is 1. The molecule has 0 amide bonds. The largest absolute Gasteiger partial charge is 0.469 e. The number of hydrogen-bond acceptors (Lipinski definition) is 4. The summed E-state index contributed by atoms with van der Waals surface area (Å²) in [6.45, 7) is 1.22. The molecule has 88 valence electrons. The van der Waals surface area contributed by atoms with Crippen LogP contribution in [-0.2, 0) is 20.7 Å². The molecule has 0 N–H and O–H groups in total. The van der Waals surface area contributed by atoms with Gasteiger partial charge in [0.15, 0.2) is 0 Å². The van der Waals surface area contributed by atoms with Crippen LogP contribution in [0.25, 0.3) is 0 Å². The molecule has 0 aliphatic heterocycles. The van der Waals surface area contributed by atoms with Crippen LogP contribution in [-0.4, -0.2) is 31.3 Å². The second-order valence-corrected chi connectivity index (χ2v) is 3.36. The molecule has 16 heavy (non-hydrogen) atoms. The van der Waals surface area contributed by atoms with E-state index in [1.165, 1.54) is 7.11 Å². The van der Waals surface area contributed by atoms with Gasteiger partial charge in [0.25, 0.3) is 0 Å². The normalized spacial score (nSPS) is 10.1. The number of ether oxygens (including phenoxy) is 2. The lowest BCUT2D eigenvalue weighted by Gasteiger charge is -2.03. The van der Waals surface area contributed by atoms with E-state index in [9.17, 15) is 4.79 Å². The Bertz CT molecular complexity index is 300. The summed E-state index contributed by atoms with van der Waals surface area (Å²) in [5.74, 6) is -0.187. The lowest BCUT2D eigenvalue weighted by molar-refractivity contribution is -0.141. The standard InChI is InChI=1S/C12H17NO3/c1-15-12(14)6-4-9-16-10-7-11-5-2-3-8-13-11/h2-3,5,8H,4,6-7,9-10H2,1H3. The zero-order valence-corrected chi connectivity index (χ0v) is 9.52. The van der Waals surface area contributed by atoms with Crippen LogP contribution in [0.3, 0.4) is 0 Å². The molecule has 0 aromatic carbocycles. The minimum Gasteiger partial charge on any atom is -0.469 e. The van der Waals surface area contributed by atoms with Crippen LogP contribution in [0.5, 0.6) is 0 Å². The van der Waals surface area contributed by atoms with Crippen molar-refractivity contribution in [2.24, 2.45) is 0 Å². The maximum atomic E-state index is 10.8. The molecule has 0 aliphatic carbocycles. The van der Waals surface area contributed by atoms with Gasteiger partial charge in [-0.05, 0) is 18.6 Å². The van der Waals surface area contributed by atoms with Gasteiger partial charge in [-0.1, -0.05) is 6.07 Å². The Hall–Kier alpha value is -1.42. The van der Waals surface area contributed by atoms with Gasteiger partial charge in [0, 0.05) is 31.3 Å². The highest BCUT2D eigenvalue weighted by molar-refractivity contribution is 5.68. The second-order valence-electron chi connectivity index (χ2n) is 3.36. The van der Waals surface area contributed by atoms with Crippen molar-refractivity contribution >= 4 is 5.97 Å². The van der Waals surface area contributed by atoms with Crippen molar-refractivity contribution in [1.29, 1.82) is 0 Å². The van der Waals surface area contributed by atoms with Crippen molar-refractivity contribution in [3.63, 3.8) is 0 Å². The smallest absolute Gasteiger partial charge is 0.305 e. The highest BCUT2D eigenvalue weighted by Gasteiger charge is 1.99. The van der Waals surface area contributed by atoms with Gasteiger partial charge in [-0.15, -0.1) is 0 Å². The van der Waals surface area contributed by atoms with E-state index in [-0.39, 0.29) is 5.97 Å². The molecule has 0 fully saturated rings. The van der Waals surface area contributed by atoms with Crippen LogP contribution < -0.4 is 0 Å². The molecule has 1 aromatic heterocycles. The summed E-state index contributed by atoms with van der Waals surface area (Å²) in [7, 11) is 1.39. The summed E-state index contributed by atoms with van der Waals surface area (Å²) < 4.78 is 9.91. The molecule has 0 atom stereocenters. The van der Waals surface area contributed by atoms with Gasteiger partial charge in [-0.2, -0.15) is 0 Å². The van der Waals surface area contributed by atoms with E-state index < -0.39 is 0 Å². The molecule has 0 radical (unpaired) electrons. The molecule has 1 rings (SSSR count). The van der Waals surface area contributed by atoms with Gasteiger partial charge in [-0.3, -0.25) is 9.78 Å². The monoisotopic (exact) mass is 223 g/mol. The number of carbonyl (C=O) groups excluding carboxylic acids is 1. The number of pyridine rings is 1. The summed E-state index contributed by atoms with van der Waals surface area (Å²) in [6, 6.07) is 5.82. The third kappa shape index (κ3) is 5.46. The van der Waals surface area contributed by atoms with Crippen molar-refractivity contribution < 1.29 is 14.3 Å². The zero-order chi connectivity index (χ0) is 11.6. The average Bonchev–Trinajstić information content (AvgIpc) is 2.34. The summed E-state index contributed by atoms with van der Waals surface area (Å²) in [6.07, 6.45) is 3.70. The molecule has 1 heterocycles. The average molecular weight is 223 g/mol. The fourth-order valence-electron chi connectivity index (χ4n) is 1.25. The van der Waals surface area contributed by atoms with Crippen LogP contribution >= 0.6 is 0 Å². The summed E-state index contributed by atoms with van der Waals surface area (Å²) in [4.78, 5) is 15.0. The molecule has 4 heteroatoms. The summed E-state index contributed by atoms with van der Waals surface area (Å²) >= 11 is 0. The SMILES string of the molecule is COC(=O)CCCOCCc1ccccn1. The number of esters is 1. The van der Waals surface area contributed by atoms with Gasteiger partial charge in [0.2, 0.25) is 0 Å². The van der Waals surface area contributed by atoms with Gasteiger partial charge < -0.3 is 9.47 Å². The van der Waals surface area contributed by atoms with E-state index in [0.717, 1.165) is 12.1 Å². The van der Waals surface area contributed by atoms with E-state index in [0.29, 0.717) is 26.1 Å². The molecular weight excluding hydrogens is 206 g/mol. The fraction of sp³-hybridized carbons (Fsp3) is 0.500. The first-order valence-electron chi connectivity index (χ1n) is 5.37. The Balaban J connectivity index is 1.98. The molecule has 0 bridgehead atoms. The third-order valence-corrected chi connectivity index (χ3v) is 2.13. The van der Waals surface area contributed by atoms with E-state index >= 15 is 0 Å². The predicted octanol–water partition coefficient (Wildman–Crippen LogP) is 1.59. The van der Waals surface area contributed by atoms with Crippen molar-refractivity contribution in [1.82, 2.24) is 4.98 Å². The topological polar surface area (TPSA) is 48.4 Å². The first-order valence-corrected chi connectivity index (χ1v) is 5.37. The Labute approximate surface area is 95.6 Å². The highest BCUT2D eigenvalue weighted by Crippen LogP contribution is 1.97. The summed E-state index contributed by atoms with van der Waals surface area (Å²) in [5, 5.41) is 0. The van der Waals surface area contributed by atoms with Gasteiger partial charge in [-0.25, -0.2) is 0 Å². The number of hydrogen-bond donors (Lipinski definition) is 0. The van der Waals surface area contributed by atoms with Crippen LogP contribution in [0, 0.1) is 0 Å². The minimum absolute atomic E-state index is 0.187. The van der Waals surface area contributed by atoms with Crippen molar-refractivity contribution in [3.8, 4) is 0 Å². The predicted molar refractivity (Wildman–Crippen MR) is 60.0 cm³/mol. The van der Waals surface area contributed by atoms with Crippen molar-refractivity contribution in [2.75, 3.05) is 20.3 Å². The van der Waals surface area contributed by atoms with Crippen LogP contribution in [0.15, 0.2) is 24.4 Å². The van der Waals surface area contributed by atoms with Gasteiger partial charge in [0.05, 0.1) is 13.7 Å². The quantitative estimate of drug-likeness (QED) is 0.520. The molecule has 1 aromatic rings. The summed E-state index contributed by atoms with van der Waals surface area (Å²) in [5.41, 5.74) is 1.02. The van der Waals surface area contributed by atoms with E-state index in [1.54, 1.807) is 6.20 Å². The molecule has 0 unspecified atom stereocenters. The molecule has 0 aliphatic rings.